The first-order chi connectivity index (χ1) is 6.79. The van der Waals surface area contributed by atoms with Crippen molar-refractivity contribution in [2.45, 2.75) is 13.5 Å². The fraction of sp³-hybridized carbons (Fsp3) is 0.222. The molecule has 0 aliphatic heterocycles. The number of carbonyl (C=O) groups excluding carboxylic acids is 1. The van der Waals surface area contributed by atoms with Gasteiger partial charge in [-0.2, -0.15) is 0 Å². The average molecular weight is 207 g/mol. The van der Waals surface area contributed by atoms with Crippen molar-refractivity contribution < 1.29 is 4.79 Å². The van der Waals surface area contributed by atoms with Gasteiger partial charge in [0.25, 0.3) is 0 Å². The monoisotopic (exact) mass is 207 g/mol. The van der Waals surface area contributed by atoms with Crippen molar-refractivity contribution in [2.75, 3.05) is 0 Å². The van der Waals surface area contributed by atoms with Gasteiger partial charge in [-0.15, -0.1) is 11.3 Å². The number of hydrogen-bond donors (Lipinski definition) is 0. The molecule has 0 aromatic carbocycles. The molecule has 0 bridgehead atoms. The quantitative estimate of drug-likeness (QED) is 0.717. The zero-order valence-corrected chi connectivity index (χ0v) is 8.49. The Morgan fingerprint density at radius 1 is 1.64 bits per heavy atom. The third kappa shape index (κ3) is 1.72. The number of aromatic nitrogens is 3. The smallest absolute Gasteiger partial charge is 0.185 e. The molecule has 0 N–H and O–H groups in total. The lowest BCUT2D eigenvalue weighted by Gasteiger charge is -1.99. The Morgan fingerprint density at radius 3 is 3.14 bits per heavy atom. The highest BCUT2D eigenvalue weighted by molar-refractivity contribution is 7.09. The summed E-state index contributed by atoms with van der Waals surface area (Å²) in [7, 11) is 0. The van der Waals surface area contributed by atoms with Crippen LogP contribution in [0.2, 0.25) is 0 Å². The first kappa shape index (κ1) is 9.08. The summed E-state index contributed by atoms with van der Waals surface area (Å²) in [5, 5.41) is 2.98. The lowest BCUT2D eigenvalue weighted by Crippen LogP contribution is -2.02. The van der Waals surface area contributed by atoms with Crippen LogP contribution in [0.15, 0.2) is 17.8 Å². The van der Waals surface area contributed by atoms with Gasteiger partial charge in [0.1, 0.15) is 5.01 Å². The fourth-order valence-corrected chi connectivity index (χ4v) is 1.96. The number of nitrogens with zero attached hydrogens (tertiary/aromatic N) is 3. The van der Waals surface area contributed by atoms with E-state index in [0.717, 1.165) is 17.0 Å². The van der Waals surface area contributed by atoms with Gasteiger partial charge in [0.15, 0.2) is 12.1 Å². The number of aryl methyl sites for hydroxylation is 1. The van der Waals surface area contributed by atoms with E-state index >= 15 is 0 Å². The highest BCUT2D eigenvalue weighted by Crippen LogP contribution is 2.10. The van der Waals surface area contributed by atoms with Gasteiger partial charge in [-0.25, -0.2) is 9.97 Å². The molecule has 2 rings (SSSR count). The number of hydrogen-bond acceptors (Lipinski definition) is 4. The minimum absolute atomic E-state index is 0.442. The molecule has 5 heteroatoms. The molecule has 14 heavy (non-hydrogen) atoms. The summed E-state index contributed by atoms with van der Waals surface area (Å²) in [6.45, 7) is 2.57. The summed E-state index contributed by atoms with van der Waals surface area (Å²) in [5.74, 6) is 0.442. The Labute approximate surface area is 85.2 Å². The summed E-state index contributed by atoms with van der Waals surface area (Å²) in [5.41, 5.74) is 1.01. The molecule has 2 heterocycles. The first-order valence-electron chi connectivity index (χ1n) is 4.17. The zero-order chi connectivity index (χ0) is 9.97. The van der Waals surface area contributed by atoms with Gasteiger partial charge < -0.3 is 4.57 Å². The minimum atomic E-state index is 0.442. The third-order valence-electron chi connectivity index (χ3n) is 1.83. The van der Waals surface area contributed by atoms with E-state index in [0.29, 0.717) is 12.4 Å². The summed E-state index contributed by atoms with van der Waals surface area (Å²) in [6.07, 6.45) is 4.14. The Balaban J connectivity index is 2.22. The normalized spacial score (nSPS) is 10.4. The molecule has 72 valence electrons. The maximum Gasteiger partial charge on any atom is 0.185 e. The number of rotatable bonds is 3. The van der Waals surface area contributed by atoms with E-state index in [1.54, 1.807) is 28.3 Å². The molecule has 2 aromatic heterocycles. The molecular weight excluding hydrogens is 198 g/mol. The molecule has 0 aliphatic rings. The summed E-state index contributed by atoms with van der Waals surface area (Å²) >= 11 is 1.59. The number of imidazole rings is 1. The van der Waals surface area contributed by atoms with E-state index in [2.05, 4.69) is 9.97 Å². The molecule has 0 saturated heterocycles. The van der Waals surface area contributed by atoms with Crippen molar-refractivity contribution in [3.05, 3.63) is 34.3 Å². The molecule has 0 amide bonds. The SMILES string of the molecule is Cc1csc(Cn2ccnc2C=O)n1. The molecule has 0 radical (unpaired) electrons. The Bertz CT molecular complexity index is 446. The molecule has 0 fully saturated rings. The third-order valence-corrected chi connectivity index (χ3v) is 2.78. The van der Waals surface area contributed by atoms with Crippen LogP contribution >= 0.6 is 11.3 Å². The summed E-state index contributed by atoms with van der Waals surface area (Å²) in [6, 6.07) is 0. The van der Waals surface area contributed by atoms with E-state index in [4.69, 9.17) is 0 Å². The fourth-order valence-electron chi connectivity index (χ4n) is 1.19. The van der Waals surface area contributed by atoms with E-state index in [9.17, 15) is 4.79 Å². The molecular formula is C9H9N3OS. The van der Waals surface area contributed by atoms with Crippen LogP contribution in [0.3, 0.4) is 0 Å². The van der Waals surface area contributed by atoms with Crippen LogP contribution in [-0.2, 0) is 6.54 Å². The maximum absolute atomic E-state index is 10.6. The van der Waals surface area contributed by atoms with Crippen molar-refractivity contribution in [2.24, 2.45) is 0 Å². The molecule has 0 aliphatic carbocycles. The number of carbonyl (C=O) groups is 1. The lowest BCUT2D eigenvalue weighted by atomic mass is 10.5. The van der Waals surface area contributed by atoms with Crippen molar-refractivity contribution in [3.63, 3.8) is 0 Å². The molecule has 0 spiro atoms. The Kier molecular flexibility index (Phi) is 2.41. The van der Waals surface area contributed by atoms with E-state index < -0.39 is 0 Å². The van der Waals surface area contributed by atoms with Gasteiger partial charge >= 0.3 is 0 Å². The Hall–Kier alpha value is -1.49. The van der Waals surface area contributed by atoms with Gasteiger partial charge in [-0.3, -0.25) is 4.79 Å². The topological polar surface area (TPSA) is 47.8 Å². The molecule has 0 unspecified atom stereocenters. The molecule has 2 aromatic rings. The highest BCUT2D eigenvalue weighted by Gasteiger charge is 2.04. The van der Waals surface area contributed by atoms with Gasteiger partial charge in [0.2, 0.25) is 0 Å². The van der Waals surface area contributed by atoms with Crippen LogP contribution < -0.4 is 0 Å². The van der Waals surface area contributed by atoms with E-state index in [1.807, 2.05) is 12.3 Å². The van der Waals surface area contributed by atoms with Gasteiger partial charge in [0.05, 0.1) is 6.54 Å². The van der Waals surface area contributed by atoms with Crippen LogP contribution in [0.25, 0.3) is 0 Å². The molecule has 0 atom stereocenters. The van der Waals surface area contributed by atoms with Crippen LogP contribution in [0.5, 0.6) is 0 Å². The standard InChI is InChI=1S/C9H9N3OS/c1-7-6-14-9(11-7)4-12-3-2-10-8(12)5-13/h2-3,5-6H,4H2,1H3. The van der Waals surface area contributed by atoms with Crippen molar-refractivity contribution in [1.29, 1.82) is 0 Å². The average Bonchev–Trinajstić information content (AvgIpc) is 2.76. The second kappa shape index (κ2) is 3.71. The number of thiazole rings is 1. The summed E-state index contributed by atoms with van der Waals surface area (Å²) < 4.78 is 1.78. The van der Waals surface area contributed by atoms with Crippen molar-refractivity contribution in [1.82, 2.24) is 14.5 Å². The summed E-state index contributed by atoms with van der Waals surface area (Å²) in [4.78, 5) is 18.8. The van der Waals surface area contributed by atoms with Crippen LogP contribution in [-0.4, -0.2) is 20.8 Å². The highest BCUT2D eigenvalue weighted by atomic mass is 32.1. The molecule has 4 nitrogen and oxygen atoms in total. The predicted octanol–water partition coefficient (Wildman–Crippen LogP) is 1.51. The van der Waals surface area contributed by atoms with Gasteiger partial charge in [-0.05, 0) is 6.92 Å². The zero-order valence-electron chi connectivity index (χ0n) is 7.67. The second-order valence-electron chi connectivity index (χ2n) is 2.91. The first-order valence-corrected chi connectivity index (χ1v) is 5.05. The van der Waals surface area contributed by atoms with E-state index in [-0.39, 0.29) is 0 Å². The number of aldehydes is 1. The van der Waals surface area contributed by atoms with Gasteiger partial charge in [-0.1, -0.05) is 0 Å². The minimum Gasteiger partial charge on any atom is -0.322 e. The molecule has 0 saturated carbocycles. The van der Waals surface area contributed by atoms with Crippen LogP contribution in [0.1, 0.15) is 21.3 Å². The van der Waals surface area contributed by atoms with E-state index in [1.165, 1.54) is 0 Å². The van der Waals surface area contributed by atoms with Crippen molar-refractivity contribution >= 4 is 17.6 Å². The second-order valence-corrected chi connectivity index (χ2v) is 3.86. The van der Waals surface area contributed by atoms with Gasteiger partial charge in [0, 0.05) is 23.5 Å². The van der Waals surface area contributed by atoms with Crippen LogP contribution in [0.4, 0.5) is 0 Å². The lowest BCUT2D eigenvalue weighted by molar-refractivity contribution is 0.111. The largest absolute Gasteiger partial charge is 0.322 e. The maximum atomic E-state index is 10.6. The predicted molar refractivity (Wildman–Crippen MR) is 53.6 cm³/mol. The Morgan fingerprint density at radius 2 is 2.50 bits per heavy atom. The van der Waals surface area contributed by atoms with Crippen molar-refractivity contribution in [3.8, 4) is 0 Å². The van der Waals surface area contributed by atoms with Crippen LogP contribution in [0, 0.1) is 6.92 Å².